The molecule has 0 fully saturated rings. The molecular formula is C18H20FNOS. The number of carbonyl (C=O) groups excluding carboxylic acids is 1. The summed E-state index contributed by atoms with van der Waals surface area (Å²) >= 11 is 1.54. The van der Waals surface area contributed by atoms with Crippen molar-refractivity contribution in [3.8, 4) is 0 Å². The average molecular weight is 317 g/mol. The van der Waals surface area contributed by atoms with Crippen LogP contribution in [-0.2, 0) is 11.3 Å². The minimum atomic E-state index is -0.277. The summed E-state index contributed by atoms with van der Waals surface area (Å²) in [6.07, 6.45) is 0. The summed E-state index contributed by atoms with van der Waals surface area (Å²) in [5.74, 6) is -0.240. The van der Waals surface area contributed by atoms with Gasteiger partial charge in [-0.05, 0) is 43.7 Å². The predicted octanol–water partition coefficient (Wildman–Crippen LogP) is 4.27. The predicted molar refractivity (Wildman–Crippen MR) is 89.4 cm³/mol. The Morgan fingerprint density at radius 3 is 2.64 bits per heavy atom. The van der Waals surface area contributed by atoms with E-state index >= 15 is 0 Å². The van der Waals surface area contributed by atoms with Gasteiger partial charge in [-0.1, -0.05) is 29.8 Å². The first-order valence-corrected chi connectivity index (χ1v) is 8.06. The highest BCUT2D eigenvalue weighted by Crippen LogP contribution is 2.25. The Balaban J connectivity index is 1.97. The van der Waals surface area contributed by atoms with E-state index in [9.17, 15) is 9.18 Å². The third kappa shape index (κ3) is 4.60. The maximum atomic E-state index is 13.2. The average Bonchev–Trinajstić information content (AvgIpc) is 2.46. The van der Waals surface area contributed by atoms with Crippen molar-refractivity contribution in [3.63, 3.8) is 0 Å². The summed E-state index contributed by atoms with van der Waals surface area (Å²) in [5, 5.41) is -0.180. The van der Waals surface area contributed by atoms with E-state index in [0.29, 0.717) is 6.54 Å². The number of hydrogen-bond donors (Lipinski definition) is 0. The molecule has 4 heteroatoms. The lowest BCUT2D eigenvalue weighted by molar-refractivity contribution is -0.129. The first-order chi connectivity index (χ1) is 10.5. The molecule has 0 heterocycles. The van der Waals surface area contributed by atoms with E-state index in [1.54, 1.807) is 29.8 Å². The van der Waals surface area contributed by atoms with Crippen molar-refractivity contribution in [1.29, 1.82) is 0 Å². The van der Waals surface area contributed by atoms with Gasteiger partial charge in [-0.2, -0.15) is 0 Å². The molecule has 0 spiro atoms. The van der Waals surface area contributed by atoms with Crippen LogP contribution in [0.2, 0.25) is 0 Å². The molecule has 0 aliphatic heterocycles. The third-order valence-electron chi connectivity index (χ3n) is 3.34. The Morgan fingerprint density at radius 1 is 1.23 bits per heavy atom. The van der Waals surface area contributed by atoms with E-state index in [1.807, 2.05) is 38.1 Å². The number of amides is 1. The molecule has 2 aromatic rings. The van der Waals surface area contributed by atoms with Crippen LogP contribution in [-0.4, -0.2) is 23.1 Å². The standard InChI is InChI=1S/C18H20FNOS/c1-13-6-4-9-17(10-13)22-14(2)18(21)20(3)12-15-7-5-8-16(19)11-15/h4-11,14H,12H2,1-3H3. The highest BCUT2D eigenvalue weighted by Gasteiger charge is 2.19. The Morgan fingerprint density at radius 2 is 1.95 bits per heavy atom. The van der Waals surface area contributed by atoms with Crippen molar-refractivity contribution in [1.82, 2.24) is 4.90 Å². The van der Waals surface area contributed by atoms with Gasteiger partial charge >= 0.3 is 0 Å². The quantitative estimate of drug-likeness (QED) is 0.767. The van der Waals surface area contributed by atoms with Crippen LogP contribution in [0.3, 0.4) is 0 Å². The van der Waals surface area contributed by atoms with Crippen molar-refractivity contribution in [3.05, 3.63) is 65.5 Å². The van der Waals surface area contributed by atoms with Gasteiger partial charge in [0, 0.05) is 18.5 Å². The molecule has 2 rings (SSSR count). The van der Waals surface area contributed by atoms with Gasteiger partial charge in [0.05, 0.1) is 5.25 Å². The lowest BCUT2D eigenvalue weighted by atomic mass is 10.2. The van der Waals surface area contributed by atoms with Crippen LogP contribution >= 0.6 is 11.8 Å². The van der Waals surface area contributed by atoms with Gasteiger partial charge in [0.25, 0.3) is 0 Å². The SMILES string of the molecule is Cc1cccc(SC(C)C(=O)N(C)Cc2cccc(F)c2)c1. The van der Waals surface area contributed by atoms with Crippen LogP contribution < -0.4 is 0 Å². The number of benzene rings is 2. The first kappa shape index (κ1) is 16.6. The maximum absolute atomic E-state index is 13.2. The van der Waals surface area contributed by atoms with E-state index in [1.165, 1.54) is 17.7 Å². The first-order valence-electron chi connectivity index (χ1n) is 7.18. The molecule has 0 bridgehead atoms. The molecule has 2 nitrogen and oxygen atoms in total. The zero-order chi connectivity index (χ0) is 16.1. The summed E-state index contributed by atoms with van der Waals surface area (Å²) in [4.78, 5) is 15.2. The lowest BCUT2D eigenvalue weighted by Crippen LogP contribution is -2.32. The fraction of sp³-hybridized carbons (Fsp3) is 0.278. The Hall–Kier alpha value is -1.81. The van der Waals surface area contributed by atoms with Gasteiger partial charge in [0.15, 0.2) is 0 Å². The monoisotopic (exact) mass is 317 g/mol. The third-order valence-corrected chi connectivity index (χ3v) is 4.42. The number of hydrogen-bond acceptors (Lipinski definition) is 2. The summed E-state index contributed by atoms with van der Waals surface area (Å²) in [6.45, 7) is 4.35. The van der Waals surface area contributed by atoms with Crippen LogP contribution in [0, 0.1) is 12.7 Å². The van der Waals surface area contributed by atoms with Crippen LogP contribution in [0.4, 0.5) is 4.39 Å². The molecule has 0 aromatic heterocycles. The molecule has 2 aromatic carbocycles. The lowest BCUT2D eigenvalue weighted by Gasteiger charge is -2.21. The number of thioether (sulfide) groups is 1. The molecule has 0 aliphatic carbocycles. The van der Waals surface area contributed by atoms with Gasteiger partial charge in [-0.25, -0.2) is 4.39 Å². The molecule has 1 unspecified atom stereocenters. The van der Waals surface area contributed by atoms with Gasteiger partial charge in [0.1, 0.15) is 5.82 Å². The maximum Gasteiger partial charge on any atom is 0.235 e. The number of rotatable bonds is 5. The Bertz CT molecular complexity index is 604. The van der Waals surface area contributed by atoms with Crippen molar-refractivity contribution in [2.24, 2.45) is 0 Å². The molecule has 0 saturated heterocycles. The highest BCUT2D eigenvalue weighted by atomic mass is 32.2. The van der Waals surface area contributed by atoms with E-state index in [2.05, 4.69) is 6.07 Å². The molecule has 0 N–H and O–H groups in total. The molecule has 1 atom stereocenters. The summed E-state index contributed by atoms with van der Waals surface area (Å²) in [5.41, 5.74) is 1.97. The molecule has 1 amide bonds. The fourth-order valence-corrected chi connectivity index (χ4v) is 3.34. The minimum absolute atomic E-state index is 0.0377. The normalized spacial score (nSPS) is 12.0. The molecular weight excluding hydrogens is 297 g/mol. The fourth-order valence-electron chi connectivity index (χ4n) is 2.24. The van der Waals surface area contributed by atoms with Gasteiger partial charge < -0.3 is 4.90 Å². The van der Waals surface area contributed by atoms with Crippen LogP contribution in [0.1, 0.15) is 18.1 Å². The molecule has 22 heavy (non-hydrogen) atoms. The second-order valence-corrected chi connectivity index (χ2v) is 6.82. The topological polar surface area (TPSA) is 20.3 Å². The Labute approximate surface area is 135 Å². The largest absolute Gasteiger partial charge is 0.340 e. The minimum Gasteiger partial charge on any atom is -0.340 e. The smallest absolute Gasteiger partial charge is 0.235 e. The van der Waals surface area contributed by atoms with Crippen molar-refractivity contribution in [2.75, 3.05) is 7.05 Å². The van der Waals surface area contributed by atoms with Crippen molar-refractivity contribution in [2.45, 2.75) is 30.5 Å². The second-order valence-electron chi connectivity index (χ2n) is 5.40. The van der Waals surface area contributed by atoms with E-state index in [-0.39, 0.29) is 17.0 Å². The summed E-state index contributed by atoms with van der Waals surface area (Å²) in [6, 6.07) is 14.5. The summed E-state index contributed by atoms with van der Waals surface area (Å²) < 4.78 is 13.2. The second kappa shape index (κ2) is 7.45. The van der Waals surface area contributed by atoms with E-state index < -0.39 is 0 Å². The molecule has 116 valence electrons. The van der Waals surface area contributed by atoms with Crippen molar-refractivity contribution < 1.29 is 9.18 Å². The van der Waals surface area contributed by atoms with Crippen LogP contribution in [0.15, 0.2) is 53.4 Å². The molecule has 0 aliphatic rings. The zero-order valence-corrected chi connectivity index (χ0v) is 13.9. The molecule has 0 radical (unpaired) electrons. The van der Waals surface area contributed by atoms with Crippen LogP contribution in [0.25, 0.3) is 0 Å². The number of halogens is 1. The van der Waals surface area contributed by atoms with Gasteiger partial charge in [0.2, 0.25) is 5.91 Å². The van der Waals surface area contributed by atoms with Crippen molar-refractivity contribution >= 4 is 17.7 Å². The number of nitrogens with zero attached hydrogens (tertiary/aromatic N) is 1. The number of carbonyl (C=O) groups is 1. The highest BCUT2D eigenvalue weighted by molar-refractivity contribution is 8.00. The summed E-state index contributed by atoms with van der Waals surface area (Å²) in [7, 11) is 1.75. The Kier molecular flexibility index (Phi) is 5.61. The molecule has 0 saturated carbocycles. The zero-order valence-electron chi connectivity index (χ0n) is 13.0. The van der Waals surface area contributed by atoms with Gasteiger partial charge in [-0.15, -0.1) is 11.8 Å². The van der Waals surface area contributed by atoms with E-state index in [0.717, 1.165) is 10.5 Å². The van der Waals surface area contributed by atoms with E-state index in [4.69, 9.17) is 0 Å². The number of aryl methyl sites for hydroxylation is 1. The van der Waals surface area contributed by atoms with Gasteiger partial charge in [-0.3, -0.25) is 4.79 Å². The van der Waals surface area contributed by atoms with Crippen LogP contribution in [0.5, 0.6) is 0 Å².